The van der Waals surface area contributed by atoms with Gasteiger partial charge in [0.05, 0.1) is 18.7 Å². The number of hydrogen-bond acceptors (Lipinski definition) is 5. The normalized spacial score (nSPS) is 15.7. The van der Waals surface area contributed by atoms with E-state index in [1.165, 1.54) is 21.8 Å². The highest BCUT2D eigenvalue weighted by Gasteiger charge is 2.29. The van der Waals surface area contributed by atoms with Crippen molar-refractivity contribution in [1.29, 1.82) is 0 Å². The molecule has 1 heterocycles. The average molecular weight is 387 g/mol. The van der Waals surface area contributed by atoms with E-state index in [0.717, 1.165) is 30.5 Å². The molecule has 2 aromatic rings. The number of anilines is 2. The van der Waals surface area contributed by atoms with Gasteiger partial charge in [-0.3, -0.25) is 4.79 Å². The molecule has 3 rings (SSSR count). The molecule has 6 heteroatoms. The maximum Gasteiger partial charge on any atom is 0.341 e. The van der Waals surface area contributed by atoms with Crippen molar-refractivity contribution in [2.24, 2.45) is 5.92 Å². The fourth-order valence-corrected chi connectivity index (χ4v) is 4.70. The van der Waals surface area contributed by atoms with E-state index < -0.39 is 0 Å². The summed E-state index contributed by atoms with van der Waals surface area (Å²) in [5.74, 6) is 0.0806. The van der Waals surface area contributed by atoms with Crippen LogP contribution in [-0.4, -0.2) is 25.0 Å². The Morgan fingerprint density at radius 1 is 1.26 bits per heavy atom. The molecule has 27 heavy (non-hydrogen) atoms. The summed E-state index contributed by atoms with van der Waals surface area (Å²) in [6.45, 7) is 6.50. The van der Waals surface area contributed by atoms with E-state index >= 15 is 0 Å². The molecule has 1 aliphatic carbocycles. The first-order chi connectivity index (χ1) is 13.0. The second-order valence-corrected chi connectivity index (χ2v) is 8.15. The minimum absolute atomic E-state index is 0.143. The van der Waals surface area contributed by atoms with Crippen molar-refractivity contribution < 1.29 is 14.3 Å². The highest BCUT2D eigenvalue weighted by molar-refractivity contribution is 7.17. The lowest BCUT2D eigenvalue weighted by molar-refractivity contribution is -0.114. The van der Waals surface area contributed by atoms with Crippen LogP contribution in [0.1, 0.15) is 46.6 Å². The average Bonchev–Trinajstić information content (AvgIpc) is 2.98. The second kappa shape index (κ2) is 8.57. The molecular formula is C21H26N2O3S. The zero-order valence-electron chi connectivity index (χ0n) is 16.1. The molecule has 0 aliphatic heterocycles. The van der Waals surface area contributed by atoms with Gasteiger partial charge in [0.15, 0.2) is 0 Å². The number of carbonyl (C=O) groups excluding carboxylic acids is 2. The van der Waals surface area contributed by atoms with Gasteiger partial charge in [0, 0.05) is 10.6 Å². The first kappa shape index (κ1) is 19.4. The Morgan fingerprint density at radius 2 is 2.00 bits per heavy atom. The van der Waals surface area contributed by atoms with Crippen LogP contribution in [0.5, 0.6) is 0 Å². The molecule has 1 aliphatic rings. The minimum Gasteiger partial charge on any atom is -0.462 e. The molecule has 0 bridgehead atoms. The van der Waals surface area contributed by atoms with E-state index in [4.69, 9.17) is 4.74 Å². The van der Waals surface area contributed by atoms with Gasteiger partial charge in [-0.1, -0.05) is 24.6 Å². The summed E-state index contributed by atoms with van der Waals surface area (Å²) in [7, 11) is 0. The first-order valence-corrected chi connectivity index (χ1v) is 10.2. The lowest BCUT2D eigenvalue weighted by Crippen LogP contribution is -2.22. The highest BCUT2D eigenvalue weighted by atomic mass is 32.1. The third-order valence-electron chi connectivity index (χ3n) is 4.75. The van der Waals surface area contributed by atoms with Crippen LogP contribution >= 0.6 is 11.3 Å². The van der Waals surface area contributed by atoms with Crippen LogP contribution in [0, 0.1) is 12.8 Å². The van der Waals surface area contributed by atoms with Crippen molar-refractivity contribution in [3.8, 4) is 0 Å². The van der Waals surface area contributed by atoms with E-state index in [2.05, 4.69) is 17.6 Å². The maximum absolute atomic E-state index is 12.5. The van der Waals surface area contributed by atoms with Crippen molar-refractivity contribution in [3.63, 3.8) is 0 Å². The lowest BCUT2D eigenvalue weighted by atomic mass is 9.88. The number of esters is 1. The number of fused-ring (bicyclic) bond motifs is 1. The topological polar surface area (TPSA) is 67.4 Å². The van der Waals surface area contributed by atoms with Gasteiger partial charge < -0.3 is 15.4 Å². The number of carbonyl (C=O) groups is 2. The van der Waals surface area contributed by atoms with Gasteiger partial charge >= 0.3 is 5.97 Å². The van der Waals surface area contributed by atoms with E-state index in [-0.39, 0.29) is 18.4 Å². The number of hydrogen-bond donors (Lipinski definition) is 2. The molecule has 1 amide bonds. The highest BCUT2D eigenvalue weighted by Crippen LogP contribution is 2.40. The Balaban J connectivity index is 1.73. The molecule has 1 atom stereocenters. The van der Waals surface area contributed by atoms with Crippen LogP contribution in [0.4, 0.5) is 10.7 Å². The Kier molecular flexibility index (Phi) is 6.16. The predicted molar refractivity (Wildman–Crippen MR) is 110 cm³/mol. The minimum atomic E-state index is -0.341. The molecule has 1 aromatic heterocycles. The van der Waals surface area contributed by atoms with Gasteiger partial charge in [0.2, 0.25) is 5.91 Å². The summed E-state index contributed by atoms with van der Waals surface area (Å²) in [6.07, 6.45) is 2.86. The van der Waals surface area contributed by atoms with Crippen molar-refractivity contribution in [2.75, 3.05) is 23.8 Å². The van der Waals surface area contributed by atoms with Crippen LogP contribution in [0.15, 0.2) is 24.3 Å². The number of aryl methyl sites for hydroxylation is 1. The largest absolute Gasteiger partial charge is 0.462 e. The fourth-order valence-electron chi connectivity index (χ4n) is 3.28. The standard InChI is InChI=1S/C21H26N2O3S/c1-4-26-21(25)19-16-10-7-14(3)11-17(16)27-20(19)23-18(24)12-22-15-8-5-13(2)6-9-15/h5-6,8-9,14,22H,4,7,10-12H2,1-3H3,(H,23,24)/t14-/m0/s1. The Labute approximate surface area is 164 Å². The second-order valence-electron chi connectivity index (χ2n) is 7.04. The fraction of sp³-hybridized carbons (Fsp3) is 0.429. The molecule has 0 spiro atoms. The number of amides is 1. The van der Waals surface area contributed by atoms with Gasteiger partial charge in [0.1, 0.15) is 5.00 Å². The molecule has 0 fully saturated rings. The van der Waals surface area contributed by atoms with Gasteiger partial charge in [-0.25, -0.2) is 4.79 Å². The molecule has 144 valence electrons. The number of nitrogens with one attached hydrogen (secondary N) is 2. The van der Waals surface area contributed by atoms with Gasteiger partial charge in [-0.15, -0.1) is 11.3 Å². The van der Waals surface area contributed by atoms with Gasteiger partial charge in [-0.05, 0) is 56.7 Å². The van der Waals surface area contributed by atoms with E-state index in [1.54, 1.807) is 6.92 Å². The third kappa shape index (κ3) is 4.69. The van der Waals surface area contributed by atoms with Crippen molar-refractivity contribution >= 4 is 33.9 Å². The Bertz CT molecular complexity index is 827. The molecular weight excluding hydrogens is 360 g/mol. The number of ether oxygens (including phenoxy) is 1. The molecule has 1 aromatic carbocycles. The van der Waals surface area contributed by atoms with E-state index in [9.17, 15) is 9.59 Å². The summed E-state index contributed by atoms with van der Waals surface area (Å²) in [5.41, 5.74) is 3.66. The van der Waals surface area contributed by atoms with E-state index in [0.29, 0.717) is 23.1 Å². The molecule has 2 N–H and O–H groups in total. The Morgan fingerprint density at radius 3 is 2.70 bits per heavy atom. The third-order valence-corrected chi connectivity index (χ3v) is 5.92. The monoisotopic (exact) mass is 386 g/mol. The maximum atomic E-state index is 12.5. The quantitative estimate of drug-likeness (QED) is 0.722. The molecule has 0 saturated carbocycles. The van der Waals surface area contributed by atoms with Crippen LogP contribution in [0.25, 0.3) is 0 Å². The van der Waals surface area contributed by atoms with Crippen LogP contribution in [0.3, 0.4) is 0 Å². The van der Waals surface area contributed by atoms with E-state index in [1.807, 2.05) is 31.2 Å². The van der Waals surface area contributed by atoms with Gasteiger partial charge in [-0.2, -0.15) is 0 Å². The molecule has 0 unspecified atom stereocenters. The SMILES string of the molecule is CCOC(=O)c1c(NC(=O)CNc2ccc(C)cc2)sc2c1CC[C@H](C)C2. The zero-order valence-corrected chi connectivity index (χ0v) is 16.9. The first-order valence-electron chi connectivity index (χ1n) is 9.40. The summed E-state index contributed by atoms with van der Waals surface area (Å²) >= 11 is 1.51. The molecule has 5 nitrogen and oxygen atoms in total. The van der Waals surface area contributed by atoms with Crippen molar-refractivity contribution in [2.45, 2.75) is 40.0 Å². The summed E-state index contributed by atoms with van der Waals surface area (Å²) in [5, 5.41) is 6.64. The zero-order chi connectivity index (χ0) is 19.4. The van der Waals surface area contributed by atoms with Crippen molar-refractivity contribution in [3.05, 3.63) is 45.8 Å². The lowest BCUT2D eigenvalue weighted by Gasteiger charge is -2.18. The summed E-state index contributed by atoms with van der Waals surface area (Å²) in [4.78, 5) is 26.1. The number of benzene rings is 1. The van der Waals surface area contributed by atoms with Gasteiger partial charge in [0.25, 0.3) is 0 Å². The smallest absolute Gasteiger partial charge is 0.341 e. The number of thiophene rings is 1. The van der Waals surface area contributed by atoms with Crippen LogP contribution in [-0.2, 0) is 22.4 Å². The summed E-state index contributed by atoms with van der Waals surface area (Å²) in [6, 6.07) is 7.87. The molecule has 0 saturated heterocycles. The number of rotatable bonds is 6. The Hall–Kier alpha value is -2.34. The van der Waals surface area contributed by atoms with Crippen LogP contribution in [0.2, 0.25) is 0 Å². The predicted octanol–water partition coefficient (Wildman–Crippen LogP) is 4.41. The molecule has 0 radical (unpaired) electrons. The summed E-state index contributed by atoms with van der Waals surface area (Å²) < 4.78 is 5.24. The van der Waals surface area contributed by atoms with Crippen LogP contribution < -0.4 is 10.6 Å². The van der Waals surface area contributed by atoms with Crippen molar-refractivity contribution in [1.82, 2.24) is 0 Å².